The highest BCUT2D eigenvalue weighted by atomic mass is 32.2. The van der Waals surface area contributed by atoms with Gasteiger partial charge in [0.15, 0.2) is 9.84 Å². The van der Waals surface area contributed by atoms with E-state index in [2.05, 4.69) is 34.5 Å². The molecule has 1 aliphatic rings. The summed E-state index contributed by atoms with van der Waals surface area (Å²) in [5.74, 6) is -0.264. The first-order chi connectivity index (χ1) is 13.4. The Morgan fingerprint density at radius 1 is 0.964 bits per heavy atom. The van der Waals surface area contributed by atoms with E-state index in [1.807, 2.05) is 0 Å². The van der Waals surface area contributed by atoms with Crippen LogP contribution in [0, 0.1) is 0 Å². The summed E-state index contributed by atoms with van der Waals surface area (Å²) in [4.78, 5) is 14.9. The van der Waals surface area contributed by atoms with E-state index in [1.54, 1.807) is 24.3 Å². The highest BCUT2D eigenvalue weighted by Gasteiger charge is 2.11. The van der Waals surface area contributed by atoms with Gasteiger partial charge in [0.2, 0.25) is 0 Å². The van der Waals surface area contributed by atoms with Crippen LogP contribution in [0.3, 0.4) is 0 Å². The maximum absolute atomic E-state index is 12.4. The zero-order valence-corrected chi connectivity index (χ0v) is 17.2. The molecular weight excluding hydrogens is 372 g/mol. The number of piperidine rings is 1. The molecule has 0 spiro atoms. The molecule has 150 valence electrons. The van der Waals surface area contributed by atoms with Gasteiger partial charge in [-0.1, -0.05) is 42.8 Å². The van der Waals surface area contributed by atoms with Crippen LogP contribution >= 0.6 is 0 Å². The van der Waals surface area contributed by atoms with Crippen LogP contribution in [0.15, 0.2) is 48.5 Å². The number of carbonyl (C=O) groups is 1. The van der Waals surface area contributed by atoms with Crippen molar-refractivity contribution < 1.29 is 13.2 Å². The van der Waals surface area contributed by atoms with E-state index in [9.17, 15) is 13.2 Å². The zero-order chi connectivity index (χ0) is 20.0. The van der Waals surface area contributed by atoms with Crippen molar-refractivity contribution in [2.75, 3.05) is 19.3 Å². The first kappa shape index (κ1) is 20.6. The Kier molecular flexibility index (Phi) is 6.86. The van der Waals surface area contributed by atoms with E-state index in [0.717, 1.165) is 12.1 Å². The molecule has 1 amide bonds. The van der Waals surface area contributed by atoms with Crippen molar-refractivity contribution in [1.29, 1.82) is 0 Å². The molecule has 2 aromatic rings. The van der Waals surface area contributed by atoms with Crippen LogP contribution in [-0.4, -0.2) is 38.6 Å². The highest BCUT2D eigenvalue weighted by molar-refractivity contribution is 7.89. The number of nitrogens with zero attached hydrogens (tertiary/aromatic N) is 1. The minimum absolute atomic E-state index is 0.0629. The van der Waals surface area contributed by atoms with Crippen molar-refractivity contribution in [3.8, 4) is 0 Å². The highest BCUT2D eigenvalue weighted by Crippen LogP contribution is 2.14. The van der Waals surface area contributed by atoms with Gasteiger partial charge in [-0.2, -0.15) is 0 Å². The molecule has 28 heavy (non-hydrogen) atoms. The van der Waals surface area contributed by atoms with Gasteiger partial charge in [0.05, 0.1) is 5.75 Å². The first-order valence-corrected chi connectivity index (χ1v) is 11.8. The van der Waals surface area contributed by atoms with Crippen LogP contribution in [0.2, 0.25) is 0 Å². The van der Waals surface area contributed by atoms with E-state index < -0.39 is 9.84 Å². The molecule has 0 saturated carbocycles. The Labute approximate surface area is 167 Å². The quantitative estimate of drug-likeness (QED) is 0.775. The number of likely N-dealkylation sites (tertiary alicyclic amines) is 1. The molecule has 1 fully saturated rings. The smallest absolute Gasteiger partial charge is 0.251 e. The summed E-state index contributed by atoms with van der Waals surface area (Å²) >= 11 is 0. The van der Waals surface area contributed by atoms with Gasteiger partial charge in [0.25, 0.3) is 5.91 Å². The Morgan fingerprint density at radius 3 is 2.32 bits per heavy atom. The summed E-state index contributed by atoms with van der Waals surface area (Å²) in [5.41, 5.74) is 3.44. The molecule has 0 atom stereocenters. The van der Waals surface area contributed by atoms with Gasteiger partial charge in [-0.05, 0) is 54.8 Å². The second kappa shape index (κ2) is 9.34. The Bertz CT molecular complexity index is 902. The monoisotopic (exact) mass is 400 g/mol. The Hall–Kier alpha value is -2.18. The normalized spacial score (nSPS) is 15.3. The SMILES string of the molecule is CS(=O)(=O)Cc1cccc(C(=O)NCc2ccc(CN3CCCCC3)cc2)c1. The molecule has 1 saturated heterocycles. The number of sulfone groups is 1. The Balaban J connectivity index is 1.53. The molecule has 2 aromatic carbocycles. The maximum Gasteiger partial charge on any atom is 0.251 e. The van der Waals surface area contributed by atoms with Gasteiger partial charge in [-0.15, -0.1) is 0 Å². The van der Waals surface area contributed by atoms with E-state index in [-0.39, 0.29) is 11.7 Å². The van der Waals surface area contributed by atoms with Gasteiger partial charge >= 0.3 is 0 Å². The summed E-state index contributed by atoms with van der Waals surface area (Å²) in [6, 6.07) is 15.1. The van der Waals surface area contributed by atoms with Crippen molar-refractivity contribution in [2.24, 2.45) is 0 Å². The van der Waals surface area contributed by atoms with E-state index >= 15 is 0 Å². The van der Waals surface area contributed by atoms with Gasteiger partial charge in [0.1, 0.15) is 0 Å². The lowest BCUT2D eigenvalue weighted by atomic mass is 10.1. The number of carbonyl (C=O) groups excluding carboxylic acids is 1. The molecule has 1 heterocycles. The van der Waals surface area contributed by atoms with Crippen LogP contribution < -0.4 is 5.32 Å². The van der Waals surface area contributed by atoms with Crippen molar-refractivity contribution in [3.63, 3.8) is 0 Å². The van der Waals surface area contributed by atoms with Crippen LogP contribution in [-0.2, 0) is 28.7 Å². The predicted molar refractivity (Wildman–Crippen MR) is 112 cm³/mol. The number of rotatable bonds is 7. The van der Waals surface area contributed by atoms with Gasteiger partial charge in [-0.25, -0.2) is 8.42 Å². The summed E-state index contributed by atoms with van der Waals surface area (Å²) in [6.07, 6.45) is 5.10. The van der Waals surface area contributed by atoms with E-state index in [1.165, 1.54) is 44.2 Å². The molecule has 0 aliphatic carbocycles. The number of hydrogen-bond acceptors (Lipinski definition) is 4. The molecule has 0 unspecified atom stereocenters. The zero-order valence-electron chi connectivity index (χ0n) is 16.4. The van der Waals surface area contributed by atoms with Crippen LogP contribution in [0.1, 0.15) is 46.3 Å². The number of hydrogen-bond donors (Lipinski definition) is 1. The molecule has 5 nitrogen and oxygen atoms in total. The molecule has 0 aromatic heterocycles. The molecule has 0 radical (unpaired) electrons. The fourth-order valence-electron chi connectivity index (χ4n) is 3.53. The minimum Gasteiger partial charge on any atom is -0.348 e. The lowest BCUT2D eigenvalue weighted by Gasteiger charge is -2.26. The second-order valence-corrected chi connectivity index (χ2v) is 9.75. The summed E-state index contributed by atoms with van der Waals surface area (Å²) in [5, 5.41) is 2.91. The molecule has 0 bridgehead atoms. The standard InChI is InChI=1S/C22H28N2O3S/c1-28(26,27)17-20-6-5-7-21(14-20)22(25)23-15-18-8-10-19(11-9-18)16-24-12-3-2-4-13-24/h5-11,14H,2-4,12-13,15-17H2,1H3,(H,23,25). The van der Waals surface area contributed by atoms with Crippen molar-refractivity contribution in [3.05, 3.63) is 70.8 Å². The van der Waals surface area contributed by atoms with Crippen molar-refractivity contribution in [1.82, 2.24) is 10.2 Å². The van der Waals surface area contributed by atoms with Crippen LogP contribution in [0.4, 0.5) is 0 Å². The molecule has 6 heteroatoms. The minimum atomic E-state index is -3.13. The lowest BCUT2D eigenvalue weighted by molar-refractivity contribution is 0.0951. The van der Waals surface area contributed by atoms with E-state index in [4.69, 9.17) is 0 Å². The van der Waals surface area contributed by atoms with Gasteiger partial charge < -0.3 is 5.32 Å². The molecule has 1 aliphatic heterocycles. The van der Waals surface area contributed by atoms with E-state index in [0.29, 0.717) is 17.7 Å². The third kappa shape index (κ3) is 6.46. The fraction of sp³-hybridized carbons (Fsp3) is 0.409. The maximum atomic E-state index is 12.4. The van der Waals surface area contributed by atoms with Crippen molar-refractivity contribution >= 4 is 15.7 Å². The first-order valence-electron chi connectivity index (χ1n) is 9.74. The number of amides is 1. The summed E-state index contributed by atoms with van der Waals surface area (Å²) in [7, 11) is -3.13. The summed E-state index contributed by atoms with van der Waals surface area (Å²) in [6.45, 7) is 3.78. The number of benzene rings is 2. The average Bonchev–Trinajstić information content (AvgIpc) is 2.67. The van der Waals surface area contributed by atoms with Crippen molar-refractivity contribution in [2.45, 2.75) is 38.1 Å². The topological polar surface area (TPSA) is 66.5 Å². The van der Waals surface area contributed by atoms with Crippen LogP contribution in [0.25, 0.3) is 0 Å². The fourth-order valence-corrected chi connectivity index (χ4v) is 4.31. The third-order valence-corrected chi connectivity index (χ3v) is 5.81. The molecule has 3 rings (SSSR count). The summed E-state index contributed by atoms with van der Waals surface area (Å²) < 4.78 is 22.9. The van der Waals surface area contributed by atoms with Gasteiger partial charge in [0, 0.05) is 24.9 Å². The largest absolute Gasteiger partial charge is 0.348 e. The van der Waals surface area contributed by atoms with Gasteiger partial charge in [-0.3, -0.25) is 9.69 Å². The second-order valence-electron chi connectivity index (χ2n) is 7.61. The van der Waals surface area contributed by atoms with Crippen LogP contribution in [0.5, 0.6) is 0 Å². The lowest BCUT2D eigenvalue weighted by Crippen LogP contribution is -2.29. The average molecular weight is 401 g/mol. The third-order valence-electron chi connectivity index (χ3n) is 4.95. The Morgan fingerprint density at radius 2 is 1.64 bits per heavy atom. The molecule has 1 N–H and O–H groups in total. The molecular formula is C22H28N2O3S. The predicted octanol–water partition coefficient (Wildman–Crippen LogP) is 3.15. The number of nitrogens with one attached hydrogen (secondary N) is 1.